The topological polar surface area (TPSA) is 33.7 Å². The summed E-state index contributed by atoms with van der Waals surface area (Å²) in [6, 6.07) is 0.988. The quantitative estimate of drug-likeness (QED) is 0.816. The van der Waals surface area contributed by atoms with Crippen molar-refractivity contribution in [2.45, 2.75) is 43.9 Å². The lowest BCUT2D eigenvalue weighted by molar-refractivity contribution is -0.0594. The fourth-order valence-electron chi connectivity index (χ4n) is 3.47. The summed E-state index contributed by atoms with van der Waals surface area (Å²) < 4.78 is 11.6. The Hall–Kier alpha value is -0.580. The molecule has 4 nitrogen and oxygen atoms in total. The lowest BCUT2D eigenvalue weighted by Gasteiger charge is -2.39. The summed E-state index contributed by atoms with van der Waals surface area (Å²) in [5, 5.41) is 3.42. The van der Waals surface area contributed by atoms with Crippen LogP contribution in [0.5, 0.6) is 0 Å². The minimum atomic E-state index is 0.275. The number of nitrogens with zero attached hydrogens (tertiary/aromatic N) is 1. The highest BCUT2D eigenvalue weighted by molar-refractivity contribution is 5.13. The molecule has 3 unspecified atom stereocenters. The molecular formula is C14H24N2O2. The van der Waals surface area contributed by atoms with Gasteiger partial charge in [-0.15, -0.1) is 0 Å². The van der Waals surface area contributed by atoms with Gasteiger partial charge in [-0.3, -0.25) is 4.90 Å². The van der Waals surface area contributed by atoms with Crippen molar-refractivity contribution in [3.05, 3.63) is 11.8 Å². The van der Waals surface area contributed by atoms with Gasteiger partial charge in [0.1, 0.15) is 0 Å². The zero-order valence-corrected chi connectivity index (χ0v) is 11.2. The minimum Gasteiger partial charge on any atom is -0.501 e. The van der Waals surface area contributed by atoms with Crippen LogP contribution in [0.1, 0.15) is 25.7 Å². The van der Waals surface area contributed by atoms with Gasteiger partial charge < -0.3 is 14.8 Å². The van der Waals surface area contributed by atoms with Crippen LogP contribution in [-0.4, -0.2) is 56.4 Å². The number of morpholine rings is 1. The highest BCUT2D eigenvalue weighted by atomic mass is 16.5. The third-order valence-corrected chi connectivity index (χ3v) is 4.46. The van der Waals surface area contributed by atoms with Crippen molar-refractivity contribution in [1.29, 1.82) is 0 Å². The summed E-state index contributed by atoms with van der Waals surface area (Å²) in [6.45, 7) is 4.07. The molecule has 3 rings (SSSR count). The van der Waals surface area contributed by atoms with E-state index < -0.39 is 0 Å². The van der Waals surface area contributed by atoms with Gasteiger partial charge in [0, 0.05) is 12.6 Å². The monoisotopic (exact) mass is 252 g/mol. The fourth-order valence-corrected chi connectivity index (χ4v) is 3.47. The smallest absolute Gasteiger partial charge is 0.0895 e. The average molecular weight is 252 g/mol. The normalized spacial score (nSPS) is 34.6. The molecule has 1 N–H and O–H groups in total. The summed E-state index contributed by atoms with van der Waals surface area (Å²) in [4.78, 5) is 2.60. The molecule has 2 fully saturated rings. The van der Waals surface area contributed by atoms with Crippen LogP contribution in [0.2, 0.25) is 0 Å². The van der Waals surface area contributed by atoms with Crippen molar-refractivity contribution in [3.63, 3.8) is 0 Å². The molecule has 3 aliphatic heterocycles. The summed E-state index contributed by atoms with van der Waals surface area (Å²) in [7, 11) is 2.03. The van der Waals surface area contributed by atoms with Gasteiger partial charge in [-0.25, -0.2) is 0 Å². The van der Waals surface area contributed by atoms with Crippen LogP contribution < -0.4 is 5.32 Å². The average Bonchev–Trinajstić information content (AvgIpc) is 2.88. The predicted octanol–water partition coefficient (Wildman–Crippen LogP) is 1.13. The molecule has 0 aliphatic carbocycles. The van der Waals surface area contributed by atoms with Crippen LogP contribution in [0.4, 0.5) is 0 Å². The number of nitrogens with one attached hydrogen (secondary N) is 1. The fraction of sp³-hybridized carbons (Fsp3) is 0.857. The van der Waals surface area contributed by atoms with E-state index >= 15 is 0 Å². The lowest BCUT2D eigenvalue weighted by Crippen LogP contribution is -2.54. The van der Waals surface area contributed by atoms with E-state index in [1.165, 1.54) is 25.0 Å². The van der Waals surface area contributed by atoms with E-state index in [1.807, 2.05) is 13.3 Å². The lowest BCUT2D eigenvalue weighted by atomic mass is 9.96. The number of hydrogen-bond donors (Lipinski definition) is 1. The van der Waals surface area contributed by atoms with Gasteiger partial charge in [-0.1, -0.05) is 0 Å². The predicted molar refractivity (Wildman–Crippen MR) is 70.5 cm³/mol. The summed E-state index contributed by atoms with van der Waals surface area (Å²) in [6.07, 6.45) is 7.12. The van der Waals surface area contributed by atoms with E-state index in [0.29, 0.717) is 12.1 Å². The van der Waals surface area contributed by atoms with Crippen molar-refractivity contribution in [1.82, 2.24) is 10.2 Å². The molecule has 0 saturated carbocycles. The zero-order chi connectivity index (χ0) is 12.4. The number of rotatable bonds is 3. The van der Waals surface area contributed by atoms with E-state index in [1.54, 1.807) is 0 Å². The maximum Gasteiger partial charge on any atom is 0.0895 e. The van der Waals surface area contributed by atoms with Gasteiger partial charge in [0.2, 0.25) is 0 Å². The van der Waals surface area contributed by atoms with Crippen LogP contribution in [0.15, 0.2) is 11.8 Å². The van der Waals surface area contributed by atoms with Crippen molar-refractivity contribution in [3.8, 4) is 0 Å². The van der Waals surface area contributed by atoms with E-state index in [0.717, 1.165) is 32.6 Å². The molecular weight excluding hydrogens is 228 g/mol. The van der Waals surface area contributed by atoms with Crippen molar-refractivity contribution in [2.75, 3.05) is 33.4 Å². The van der Waals surface area contributed by atoms with Gasteiger partial charge in [-0.05, 0) is 44.8 Å². The molecule has 0 aromatic heterocycles. The third kappa shape index (κ3) is 2.42. The summed E-state index contributed by atoms with van der Waals surface area (Å²) in [5.41, 5.74) is 1.37. The molecule has 0 amide bonds. The van der Waals surface area contributed by atoms with Gasteiger partial charge in [0.05, 0.1) is 31.6 Å². The largest absolute Gasteiger partial charge is 0.501 e. The van der Waals surface area contributed by atoms with E-state index in [4.69, 9.17) is 9.47 Å². The van der Waals surface area contributed by atoms with Crippen LogP contribution in [0.3, 0.4) is 0 Å². The van der Waals surface area contributed by atoms with Gasteiger partial charge in [-0.2, -0.15) is 0 Å². The van der Waals surface area contributed by atoms with Crippen molar-refractivity contribution < 1.29 is 9.47 Å². The molecule has 18 heavy (non-hydrogen) atoms. The number of likely N-dealkylation sites (N-methyl/N-ethyl adjacent to an activating group) is 1. The van der Waals surface area contributed by atoms with Gasteiger partial charge in [0.15, 0.2) is 0 Å². The second-order valence-electron chi connectivity index (χ2n) is 5.60. The Morgan fingerprint density at radius 3 is 3.17 bits per heavy atom. The number of ether oxygens (including phenoxy) is 2. The highest BCUT2D eigenvalue weighted by Crippen LogP contribution is 2.27. The molecule has 2 saturated heterocycles. The Labute approximate surface area is 109 Å². The molecule has 0 aromatic carbocycles. The summed E-state index contributed by atoms with van der Waals surface area (Å²) in [5.74, 6) is 0. The highest BCUT2D eigenvalue weighted by Gasteiger charge is 2.36. The Kier molecular flexibility index (Phi) is 3.87. The van der Waals surface area contributed by atoms with Crippen LogP contribution in [-0.2, 0) is 9.47 Å². The third-order valence-electron chi connectivity index (χ3n) is 4.46. The van der Waals surface area contributed by atoms with E-state index in [9.17, 15) is 0 Å². The first-order valence-corrected chi connectivity index (χ1v) is 7.22. The molecule has 0 radical (unpaired) electrons. The maximum absolute atomic E-state index is 6.10. The Morgan fingerprint density at radius 2 is 2.39 bits per heavy atom. The molecule has 0 spiro atoms. The standard InChI is InChI=1S/C14H24N2O2/c1-15-14(11-4-3-7-17-9-11)13-8-16-6-2-5-12(16)10-18-13/h9,12-15H,2-8,10H2,1H3. The number of hydrogen-bond acceptors (Lipinski definition) is 4. The zero-order valence-electron chi connectivity index (χ0n) is 11.2. The van der Waals surface area contributed by atoms with Crippen molar-refractivity contribution >= 4 is 0 Å². The number of fused-ring (bicyclic) bond motifs is 1. The molecule has 3 aliphatic rings. The van der Waals surface area contributed by atoms with Crippen molar-refractivity contribution in [2.24, 2.45) is 0 Å². The Morgan fingerprint density at radius 1 is 1.44 bits per heavy atom. The first-order valence-electron chi connectivity index (χ1n) is 7.22. The molecule has 3 heterocycles. The van der Waals surface area contributed by atoms with Gasteiger partial charge >= 0.3 is 0 Å². The van der Waals surface area contributed by atoms with E-state index in [2.05, 4.69) is 10.2 Å². The maximum atomic E-state index is 6.10. The first-order chi connectivity index (χ1) is 8.88. The molecule has 3 atom stereocenters. The van der Waals surface area contributed by atoms with E-state index in [-0.39, 0.29) is 6.10 Å². The molecule has 0 aromatic rings. The SMILES string of the molecule is CNC(C1=COCCC1)C1CN2CCCC2CO1. The van der Waals surface area contributed by atoms with Crippen LogP contribution in [0.25, 0.3) is 0 Å². The first kappa shape index (κ1) is 12.5. The second-order valence-corrected chi connectivity index (χ2v) is 5.60. The van der Waals surface area contributed by atoms with Crippen LogP contribution in [0, 0.1) is 0 Å². The molecule has 4 heteroatoms. The molecule has 0 bridgehead atoms. The Balaban J connectivity index is 1.66. The van der Waals surface area contributed by atoms with Crippen LogP contribution >= 0.6 is 0 Å². The molecule has 102 valence electrons. The summed E-state index contributed by atoms with van der Waals surface area (Å²) >= 11 is 0. The Bertz CT molecular complexity index is 319. The van der Waals surface area contributed by atoms with Gasteiger partial charge in [0.25, 0.3) is 0 Å². The second kappa shape index (κ2) is 5.59. The minimum absolute atomic E-state index is 0.275.